The van der Waals surface area contributed by atoms with Crippen molar-refractivity contribution in [2.24, 2.45) is 0 Å². The maximum atomic E-state index is 12.8. The lowest BCUT2D eigenvalue weighted by atomic mass is 10.4. The van der Waals surface area contributed by atoms with E-state index in [9.17, 15) is 4.39 Å². The van der Waals surface area contributed by atoms with Gasteiger partial charge in [-0.2, -0.15) is 0 Å². The second kappa shape index (κ2) is 3.52. The van der Waals surface area contributed by atoms with Gasteiger partial charge in [-0.1, -0.05) is 22.6 Å². The molecule has 1 saturated heterocycles. The molecule has 0 saturated carbocycles. The maximum Gasteiger partial charge on any atom is 0.128 e. The van der Waals surface area contributed by atoms with Gasteiger partial charge >= 0.3 is 0 Å². The smallest absolute Gasteiger partial charge is 0.128 e. The molecule has 4 heteroatoms. The molecule has 0 aromatic rings. The number of rotatable bonds is 2. The van der Waals surface area contributed by atoms with E-state index in [1.807, 2.05) is 11.8 Å². The third-order valence-corrected chi connectivity index (χ3v) is 1.91. The van der Waals surface area contributed by atoms with Gasteiger partial charge in [-0.15, -0.1) is 0 Å². The summed E-state index contributed by atoms with van der Waals surface area (Å²) in [4.78, 5) is 1.89. The van der Waals surface area contributed by atoms with Gasteiger partial charge in [-0.25, -0.2) is 4.39 Å². The zero-order valence-electron chi connectivity index (χ0n) is 5.77. The molecule has 1 N–H and O–H groups in total. The molecule has 1 unspecified atom stereocenters. The number of alkyl halides is 1. The van der Waals surface area contributed by atoms with Crippen LogP contribution in [-0.2, 0) is 0 Å². The van der Waals surface area contributed by atoms with Gasteiger partial charge in [0.2, 0.25) is 0 Å². The van der Waals surface area contributed by atoms with Crippen LogP contribution < -0.4 is 5.32 Å². The Bertz CT molecular complexity index is 143. The predicted molar refractivity (Wildman–Crippen MR) is 47.4 cm³/mol. The SMILES string of the molecule is CC(I)/C(F)=C\N1CNC1. The van der Waals surface area contributed by atoms with Crippen LogP contribution in [0.3, 0.4) is 0 Å². The Kier molecular flexibility index (Phi) is 2.91. The molecule has 1 aliphatic rings. The van der Waals surface area contributed by atoms with Crippen molar-refractivity contribution in [2.45, 2.75) is 10.8 Å². The Labute approximate surface area is 73.6 Å². The van der Waals surface area contributed by atoms with Crippen molar-refractivity contribution in [3.8, 4) is 0 Å². The fraction of sp³-hybridized carbons (Fsp3) is 0.667. The van der Waals surface area contributed by atoms with Crippen LogP contribution in [0.5, 0.6) is 0 Å². The van der Waals surface area contributed by atoms with E-state index in [2.05, 4.69) is 27.9 Å². The maximum absolute atomic E-state index is 12.8. The quantitative estimate of drug-likeness (QED) is 0.594. The minimum atomic E-state index is -0.0536. The summed E-state index contributed by atoms with van der Waals surface area (Å²) in [5, 5.41) is 3.02. The molecule has 1 atom stereocenters. The van der Waals surface area contributed by atoms with Crippen molar-refractivity contribution < 1.29 is 4.39 Å². The van der Waals surface area contributed by atoms with E-state index >= 15 is 0 Å². The molecule has 0 aromatic heterocycles. The lowest BCUT2D eigenvalue weighted by Crippen LogP contribution is -2.48. The molecule has 1 heterocycles. The minimum Gasteiger partial charge on any atom is -0.350 e. The first-order valence-electron chi connectivity index (χ1n) is 3.16. The summed E-state index contributed by atoms with van der Waals surface area (Å²) in [5.74, 6) is -0.0536. The Morgan fingerprint density at radius 3 is 2.70 bits per heavy atom. The summed E-state index contributed by atoms with van der Waals surface area (Å²) in [6.45, 7) is 3.38. The van der Waals surface area contributed by atoms with Crippen LogP contribution >= 0.6 is 22.6 Å². The highest BCUT2D eigenvalue weighted by atomic mass is 127. The second-order valence-electron chi connectivity index (χ2n) is 2.28. The summed E-state index contributed by atoms with van der Waals surface area (Å²) >= 11 is 2.05. The molecule has 1 aliphatic heterocycles. The molecule has 0 spiro atoms. The van der Waals surface area contributed by atoms with E-state index in [1.54, 1.807) is 6.20 Å². The van der Waals surface area contributed by atoms with Crippen LogP contribution in [0.1, 0.15) is 6.92 Å². The van der Waals surface area contributed by atoms with Crippen molar-refractivity contribution >= 4 is 22.6 Å². The van der Waals surface area contributed by atoms with Gasteiger partial charge < -0.3 is 4.90 Å². The summed E-state index contributed by atoms with van der Waals surface area (Å²) in [6.07, 6.45) is 1.56. The van der Waals surface area contributed by atoms with E-state index in [0.717, 1.165) is 13.3 Å². The van der Waals surface area contributed by atoms with Crippen LogP contribution in [-0.4, -0.2) is 22.2 Å². The molecule has 1 rings (SSSR count). The standard InChI is InChI=1S/C6H10FIN2/c1-5(8)6(7)2-10-3-9-4-10/h2,5,9H,3-4H2,1H3/b6-2+. The zero-order valence-corrected chi connectivity index (χ0v) is 7.93. The predicted octanol–water partition coefficient (Wildman–Crippen LogP) is 1.44. The molecule has 10 heavy (non-hydrogen) atoms. The van der Waals surface area contributed by atoms with Crippen molar-refractivity contribution in [2.75, 3.05) is 13.3 Å². The molecule has 0 radical (unpaired) electrons. The molecule has 0 bridgehead atoms. The summed E-state index contributed by atoms with van der Waals surface area (Å²) in [7, 11) is 0. The van der Waals surface area contributed by atoms with Gasteiger partial charge in [0, 0.05) is 6.20 Å². The topological polar surface area (TPSA) is 15.3 Å². The Morgan fingerprint density at radius 2 is 2.40 bits per heavy atom. The van der Waals surface area contributed by atoms with E-state index in [-0.39, 0.29) is 9.75 Å². The Balaban J connectivity index is 2.36. The van der Waals surface area contributed by atoms with Crippen LogP contribution in [0.2, 0.25) is 0 Å². The van der Waals surface area contributed by atoms with Crippen LogP contribution in [0.4, 0.5) is 4.39 Å². The van der Waals surface area contributed by atoms with Gasteiger partial charge in [-0.3, -0.25) is 5.32 Å². The number of allylic oxidation sites excluding steroid dienone is 1. The van der Waals surface area contributed by atoms with Gasteiger partial charge in [-0.05, 0) is 6.92 Å². The number of nitrogens with zero attached hydrogens (tertiary/aromatic N) is 1. The van der Waals surface area contributed by atoms with E-state index in [4.69, 9.17) is 0 Å². The molecular weight excluding hydrogens is 246 g/mol. The number of halogens is 2. The van der Waals surface area contributed by atoms with Crippen molar-refractivity contribution in [3.05, 3.63) is 12.0 Å². The highest BCUT2D eigenvalue weighted by Gasteiger charge is 2.11. The Hall–Kier alpha value is 0.160. The van der Waals surface area contributed by atoms with E-state index in [0.29, 0.717) is 0 Å². The number of hydrogen-bond acceptors (Lipinski definition) is 2. The molecule has 58 valence electrons. The molecule has 1 fully saturated rings. The van der Waals surface area contributed by atoms with Gasteiger partial charge in [0.05, 0.1) is 17.3 Å². The van der Waals surface area contributed by atoms with Crippen molar-refractivity contribution in [3.63, 3.8) is 0 Å². The van der Waals surface area contributed by atoms with Gasteiger partial charge in [0.1, 0.15) is 5.83 Å². The Morgan fingerprint density at radius 1 is 1.80 bits per heavy atom. The van der Waals surface area contributed by atoms with Crippen LogP contribution in [0, 0.1) is 0 Å². The second-order valence-corrected chi connectivity index (χ2v) is 4.15. The van der Waals surface area contributed by atoms with E-state index < -0.39 is 0 Å². The number of hydrogen-bond donors (Lipinski definition) is 1. The van der Waals surface area contributed by atoms with Crippen LogP contribution in [0.15, 0.2) is 12.0 Å². The third kappa shape index (κ3) is 2.09. The fourth-order valence-electron chi connectivity index (χ4n) is 0.609. The zero-order chi connectivity index (χ0) is 7.56. The molecule has 0 aliphatic carbocycles. The van der Waals surface area contributed by atoms with Crippen molar-refractivity contribution in [1.82, 2.24) is 10.2 Å². The number of nitrogens with one attached hydrogen (secondary N) is 1. The third-order valence-electron chi connectivity index (χ3n) is 1.32. The normalized spacial score (nSPS) is 22.3. The largest absolute Gasteiger partial charge is 0.350 e. The first kappa shape index (κ1) is 8.26. The van der Waals surface area contributed by atoms with Gasteiger partial charge in [0.15, 0.2) is 0 Å². The van der Waals surface area contributed by atoms with E-state index in [1.165, 1.54) is 0 Å². The average molecular weight is 256 g/mol. The summed E-state index contributed by atoms with van der Waals surface area (Å²) < 4.78 is 12.8. The first-order valence-corrected chi connectivity index (χ1v) is 4.41. The lowest BCUT2D eigenvalue weighted by Gasteiger charge is -2.30. The monoisotopic (exact) mass is 256 g/mol. The molecule has 0 aromatic carbocycles. The summed E-state index contributed by atoms with van der Waals surface area (Å²) in [6, 6.07) is 0. The molecule has 0 amide bonds. The first-order chi connectivity index (χ1) is 4.70. The lowest BCUT2D eigenvalue weighted by molar-refractivity contribution is 0.205. The highest BCUT2D eigenvalue weighted by molar-refractivity contribution is 14.1. The molecular formula is C6H10FIN2. The van der Waals surface area contributed by atoms with Gasteiger partial charge in [0.25, 0.3) is 0 Å². The van der Waals surface area contributed by atoms with Crippen molar-refractivity contribution in [1.29, 1.82) is 0 Å². The fourth-order valence-corrected chi connectivity index (χ4v) is 0.770. The minimum absolute atomic E-state index is 0.0156. The molecule has 2 nitrogen and oxygen atoms in total. The van der Waals surface area contributed by atoms with Crippen LogP contribution in [0.25, 0.3) is 0 Å². The summed E-state index contributed by atoms with van der Waals surface area (Å²) in [5.41, 5.74) is 0. The average Bonchev–Trinajstić information content (AvgIpc) is 1.77. The highest BCUT2D eigenvalue weighted by Crippen LogP contribution is 2.14.